The summed E-state index contributed by atoms with van der Waals surface area (Å²) in [6.07, 6.45) is 2.49. The first-order valence-corrected chi connectivity index (χ1v) is 7.94. The summed E-state index contributed by atoms with van der Waals surface area (Å²) in [6.45, 7) is 4.96. The fourth-order valence-corrected chi connectivity index (χ4v) is 2.70. The zero-order chi connectivity index (χ0) is 13.9. The van der Waals surface area contributed by atoms with Crippen molar-refractivity contribution in [2.45, 2.75) is 26.7 Å². The van der Waals surface area contributed by atoms with Crippen LogP contribution in [0.5, 0.6) is 0 Å². The first-order chi connectivity index (χ1) is 9.27. The van der Waals surface area contributed by atoms with Gasteiger partial charge in [-0.3, -0.25) is 4.79 Å². The van der Waals surface area contributed by atoms with E-state index in [4.69, 9.17) is 9.26 Å². The molecule has 0 radical (unpaired) electrons. The molecule has 4 heteroatoms. The van der Waals surface area contributed by atoms with Crippen molar-refractivity contribution in [3.63, 3.8) is 0 Å². The lowest BCUT2D eigenvalue weighted by Gasteiger charge is -2.15. The van der Waals surface area contributed by atoms with Crippen molar-refractivity contribution < 1.29 is 14.1 Å². The number of aryl methyl sites for hydroxylation is 1. The number of benzene rings is 1. The molecule has 2 atom stereocenters. The first kappa shape index (κ1) is 16.1. The molecule has 3 nitrogen and oxygen atoms in total. The minimum absolute atomic E-state index is 0.0509. The van der Waals surface area contributed by atoms with Gasteiger partial charge in [0.25, 0.3) is 0 Å². The Kier molecular flexibility index (Phi) is 8.44. The minimum Gasteiger partial charge on any atom is -0.466 e. The maximum Gasteiger partial charge on any atom is 0.309 e. The van der Waals surface area contributed by atoms with Crippen LogP contribution in [0.1, 0.15) is 25.8 Å². The van der Waals surface area contributed by atoms with Crippen LogP contribution in [-0.2, 0) is 20.5 Å². The lowest BCUT2D eigenvalue weighted by molar-refractivity contribution is -0.147. The van der Waals surface area contributed by atoms with Crippen LogP contribution < -0.4 is 0 Å². The smallest absolute Gasteiger partial charge is 0.309 e. The second kappa shape index (κ2) is 9.94. The summed E-state index contributed by atoms with van der Waals surface area (Å²) in [5.41, 5.74) is 1.26. The number of rotatable bonds is 9. The molecular weight excluding hydrogens is 259 g/mol. The van der Waals surface area contributed by atoms with Crippen LogP contribution in [0, 0.1) is 5.92 Å². The summed E-state index contributed by atoms with van der Waals surface area (Å²) in [4.78, 5) is 11.9. The number of esters is 1. The standard InChI is InChI=1S/C15H23O3P/c1-3-17-15(16)14(12-19-18-4-2)11-10-13-8-6-5-7-9-13/h5-9,14,19H,3-4,10-12H2,1-2H3. The molecule has 1 aromatic rings. The van der Waals surface area contributed by atoms with E-state index in [1.165, 1.54) is 5.56 Å². The molecule has 0 saturated carbocycles. The summed E-state index contributed by atoms with van der Waals surface area (Å²) in [6, 6.07) is 10.2. The van der Waals surface area contributed by atoms with Gasteiger partial charge < -0.3 is 9.26 Å². The van der Waals surface area contributed by atoms with Gasteiger partial charge in [0.1, 0.15) is 0 Å². The number of hydrogen-bond acceptors (Lipinski definition) is 3. The van der Waals surface area contributed by atoms with Crippen LogP contribution in [0.2, 0.25) is 0 Å². The van der Waals surface area contributed by atoms with Gasteiger partial charge in [-0.1, -0.05) is 30.3 Å². The largest absolute Gasteiger partial charge is 0.466 e. The highest BCUT2D eigenvalue weighted by molar-refractivity contribution is 7.32. The summed E-state index contributed by atoms with van der Waals surface area (Å²) < 4.78 is 10.5. The summed E-state index contributed by atoms with van der Waals surface area (Å²) in [5.74, 6) is -0.143. The van der Waals surface area contributed by atoms with Gasteiger partial charge in [0, 0.05) is 21.6 Å². The maximum absolute atomic E-state index is 11.9. The Hall–Kier alpha value is -0.920. The molecule has 0 aliphatic carbocycles. The molecule has 0 fully saturated rings. The van der Waals surface area contributed by atoms with Crippen molar-refractivity contribution in [2.24, 2.45) is 5.92 Å². The molecule has 1 aromatic carbocycles. The molecule has 0 amide bonds. The van der Waals surface area contributed by atoms with Crippen molar-refractivity contribution >= 4 is 14.8 Å². The van der Waals surface area contributed by atoms with Crippen LogP contribution in [0.3, 0.4) is 0 Å². The summed E-state index contributed by atoms with van der Waals surface area (Å²) >= 11 is 0. The SMILES string of the molecule is CCOPCC(CCc1ccccc1)C(=O)OCC. The van der Waals surface area contributed by atoms with Gasteiger partial charge in [0.2, 0.25) is 0 Å². The van der Waals surface area contributed by atoms with Crippen LogP contribution in [0.4, 0.5) is 0 Å². The molecule has 0 bridgehead atoms. The van der Waals surface area contributed by atoms with Crippen molar-refractivity contribution in [1.29, 1.82) is 0 Å². The Morgan fingerprint density at radius 1 is 1.21 bits per heavy atom. The summed E-state index contributed by atoms with van der Waals surface area (Å²) in [7, 11) is 0.376. The molecule has 19 heavy (non-hydrogen) atoms. The molecule has 0 spiro atoms. The number of ether oxygens (including phenoxy) is 1. The van der Waals surface area contributed by atoms with Crippen LogP contribution >= 0.6 is 8.81 Å². The Bertz CT molecular complexity index is 354. The molecule has 0 saturated heterocycles. The fraction of sp³-hybridized carbons (Fsp3) is 0.533. The van der Waals surface area contributed by atoms with Crippen molar-refractivity contribution in [2.75, 3.05) is 19.4 Å². The van der Waals surface area contributed by atoms with E-state index in [9.17, 15) is 4.79 Å². The zero-order valence-electron chi connectivity index (χ0n) is 11.7. The Labute approximate surface area is 117 Å². The molecule has 0 heterocycles. The van der Waals surface area contributed by atoms with E-state index in [0.29, 0.717) is 22.0 Å². The molecular formula is C15H23O3P. The van der Waals surface area contributed by atoms with E-state index in [1.54, 1.807) is 0 Å². The lowest BCUT2D eigenvalue weighted by Crippen LogP contribution is -2.20. The van der Waals surface area contributed by atoms with Gasteiger partial charge in [-0.05, 0) is 32.3 Å². The molecule has 0 N–H and O–H groups in total. The van der Waals surface area contributed by atoms with E-state index in [-0.39, 0.29) is 11.9 Å². The third-order valence-electron chi connectivity index (χ3n) is 2.82. The van der Waals surface area contributed by atoms with Gasteiger partial charge >= 0.3 is 5.97 Å². The lowest BCUT2D eigenvalue weighted by atomic mass is 10.0. The molecule has 1 rings (SSSR count). The van der Waals surface area contributed by atoms with E-state index in [2.05, 4.69) is 12.1 Å². The highest BCUT2D eigenvalue weighted by atomic mass is 31.1. The Balaban J connectivity index is 2.45. The van der Waals surface area contributed by atoms with Crippen LogP contribution in [-0.4, -0.2) is 25.3 Å². The Morgan fingerprint density at radius 3 is 2.58 bits per heavy atom. The monoisotopic (exact) mass is 282 g/mol. The van der Waals surface area contributed by atoms with Crippen LogP contribution in [0.25, 0.3) is 0 Å². The van der Waals surface area contributed by atoms with Crippen LogP contribution in [0.15, 0.2) is 30.3 Å². The van der Waals surface area contributed by atoms with E-state index in [1.807, 2.05) is 32.0 Å². The van der Waals surface area contributed by atoms with Gasteiger partial charge in [-0.25, -0.2) is 0 Å². The minimum atomic E-state index is -0.0920. The second-order valence-electron chi connectivity index (χ2n) is 4.25. The Morgan fingerprint density at radius 2 is 1.95 bits per heavy atom. The van der Waals surface area contributed by atoms with Crippen molar-refractivity contribution in [3.05, 3.63) is 35.9 Å². The van der Waals surface area contributed by atoms with E-state index < -0.39 is 0 Å². The van der Waals surface area contributed by atoms with Gasteiger partial charge in [-0.2, -0.15) is 0 Å². The van der Waals surface area contributed by atoms with Gasteiger partial charge in [0.05, 0.1) is 12.5 Å². The molecule has 0 aliphatic heterocycles. The molecule has 2 unspecified atom stereocenters. The van der Waals surface area contributed by atoms with Gasteiger partial charge in [-0.15, -0.1) is 0 Å². The normalized spacial score (nSPS) is 12.7. The maximum atomic E-state index is 11.9. The number of carbonyl (C=O) groups excluding carboxylic acids is 1. The van der Waals surface area contributed by atoms with E-state index >= 15 is 0 Å². The highest BCUT2D eigenvalue weighted by Crippen LogP contribution is 2.22. The average molecular weight is 282 g/mol. The quantitative estimate of drug-likeness (QED) is 0.395. The highest BCUT2D eigenvalue weighted by Gasteiger charge is 2.19. The predicted octanol–water partition coefficient (Wildman–Crippen LogP) is 3.43. The topological polar surface area (TPSA) is 35.5 Å². The third-order valence-corrected chi connectivity index (χ3v) is 3.97. The average Bonchev–Trinajstić information content (AvgIpc) is 2.44. The summed E-state index contributed by atoms with van der Waals surface area (Å²) in [5, 5.41) is 0. The third kappa shape index (κ3) is 6.70. The molecule has 106 valence electrons. The van der Waals surface area contributed by atoms with Gasteiger partial charge in [0.15, 0.2) is 0 Å². The number of carbonyl (C=O) groups is 1. The predicted molar refractivity (Wildman–Crippen MR) is 79.7 cm³/mol. The second-order valence-corrected chi connectivity index (χ2v) is 5.24. The van der Waals surface area contributed by atoms with Crippen molar-refractivity contribution in [1.82, 2.24) is 0 Å². The first-order valence-electron chi connectivity index (χ1n) is 6.83. The number of hydrogen-bond donors (Lipinski definition) is 0. The zero-order valence-corrected chi connectivity index (χ0v) is 12.7. The molecule has 0 aromatic heterocycles. The fourth-order valence-electron chi connectivity index (χ4n) is 1.81. The molecule has 0 aliphatic rings. The van der Waals surface area contributed by atoms with E-state index in [0.717, 1.165) is 19.0 Å². The van der Waals surface area contributed by atoms with Crippen molar-refractivity contribution in [3.8, 4) is 0 Å².